The van der Waals surface area contributed by atoms with Crippen molar-refractivity contribution in [1.82, 2.24) is 0 Å². The quantitative estimate of drug-likeness (QED) is 0.201. The van der Waals surface area contributed by atoms with E-state index in [9.17, 15) is 4.79 Å². The Labute approximate surface area is 194 Å². The van der Waals surface area contributed by atoms with Crippen LogP contribution in [0.2, 0.25) is 0 Å². The molecule has 0 aliphatic rings. The summed E-state index contributed by atoms with van der Waals surface area (Å²) in [6, 6.07) is 0. The molecule has 1 N–H and O–H groups in total. The number of carbonyl (C=O) groups is 1. The molecule has 0 aromatic heterocycles. The molecule has 1 radical (unpaired) electrons. The fourth-order valence-electron chi connectivity index (χ4n) is 2.69. The van der Waals surface area contributed by atoms with E-state index in [1.54, 1.807) is 0 Å². The van der Waals surface area contributed by atoms with E-state index in [-0.39, 0.29) is 42.8 Å². The predicted octanol–water partition coefficient (Wildman–Crippen LogP) is 4.07. The van der Waals surface area contributed by atoms with Gasteiger partial charge in [-0.2, -0.15) is 0 Å². The topological polar surface area (TPSA) is 74.2 Å². The first kappa shape index (κ1) is 30.5. The van der Waals surface area contributed by atoms with E-state index < -0.39 is 5.97 Å². The van der Waals surface area contributed by atoms with Gasteiger partial charge in [-0.25, -0.2) is 4.79 Å². The molecule has 0 aromatic carbocycles. The van der Waals surface area contributed by atoms with Gasteiger partial charge in [0.1, 0.15) is 6.61 Å². The molecule has 0 rings (SSSR count). The summed E-state index contributed by atoms with van der Waals surface area (Å²) in [4.78, 5) is 10.2. The molecule has 7 heteroatoms. The number of carboxylic acids is 1. The van der Waals surface area contributed by atoms with Gasteiger partial charge in [-0.1, -0.05) is 71.1 Å². The molecule has 0 spiro atoms. The van der Waals surface area contributed by atoms with Gasteiger partial charge in [-0.3, -0.25) is 0 Å². The van der Waals surface area contributed by atoms with Crippen LogP contribution in [0.4, 0.5) is 0 Å². The molecule has 0 aromatic rings. The minimum Gasteiger partial charge on any atom is -0.480 e. The van der Waals surface area contributed by atoms with Crippen molar-refractivity contribution >= 4 is 35.5 Å². The SMILES string of the molecule is CCCCCCCCCCCCCOCCOCCOCCOCC(=O)O.[Na]. The maximum Gasteiger partial charge on any atom is 0.329 e. The number of rotatable bonds is 23. The Bertz CT molecular complexity index is 305. The zero-order valence-electron chi connectivity index (χ0n) is 18.4. The molecule has 0 unspecified atom stereocenters. The Morgan fingerprint density at radius 2 is 0.929 bits per heavy atom. The summed E-state index contributed by atoms with van der Waals surface area (Å²) in [6.07, 6.45) is 14.8. The molecule has 163 valence electrons. The molecule has 0 aliphatic carbocycles. The molecule has 28 heavy (non-hydrogen) atoms. The van der Waals surface area contributed by atoms with E-state index in [2.05, 4.69) is 6.92 Å². The molecule has 0 amide bonds. The van der Waals surface area contributed by atoms with Gasteiger partial charge in [0.2, 0.25) is 0 Å². The van der Waals surface area contributed by atoms with Crippen molar-refractivity contribution in [2.24, 2.45) is 0 Å². The zero-order chi connectivity index (χ0) is 19.8. The molecule has 0 atom stereocenters. The number of ether oxygens (including phenoxy) is 4. The van der Waals surface area contributed by atoms with Crippen LogP contribution in [0.15, 0.2) is 0 Å². The van der Waals surface area contributed by atoms with Crippen LogP contribution in [0.25, 0.3) is 0 Å². The van der Waals surface area contributed by atoms with Crippen molar-refractivity contribution in [2.45, 2.75) is 77.6 Å². The van der Waals surface area contributed by atoms with Gasteiger partial charge >= 0.3 is 5.97 Å². The maximum atomic E-state index is 10.2. The second-order valence-corrected chi connectivity index (χ2v) is 6.82. The van der Waals surface area contributed by atoms with Crippen molar-refractivity contribution in [3.8, 4) is 0 Å². The third-order valence-corrected chi connectivity index (χ3v) is 4.23. The molecule has 0 fully saturated rings. The number of aliphatic carboxylic acids is 1. The Balaban J connectivity index is 0. The van der Waals surface area contributed by atoms with Crippen LogP contribution in [0.5, 0.6) is 0 Å². The Morgan fingerprint density at radius 3 is 1.36 bits per heavy atom. The van der Waals surface area contributed by atoms with E-state index in [1.165, 1.54) is 64.2 Å². The van der Waals surface area contributed by atoms with Crippen molar-refractivity contribution in [3.05, 3.63) is 0 Å². The van der Waals surface area contributed by atoms with Gasteiger partial charge < -0.3 is 24.1 Å². The fraction of sp³-hybridized carbons (Fsp3) is 0.952. The second-order valence-electron chi connectivity index (χ2n) is 6.82. The van der Waals surface area contributed by atoms with E-state index in [1.807, 2.05) is 0 Å². The first-order valence-electron chi connectivity index (χ1n) is 10.8. The van der Waals surface area contributed by atoms with E-state index in [0.29, 0.717) is 33.0 Å². The summed E-state index contributed by atoms with van der Waals surface area (Å²) in [5.41, 5.74) is 0. The van der Waals surface area contributed by atoms with Gasteiger partial charge in [0.25, 0.3) is 0 Å². The summed E-state index contributed by atoms with van der Waals surface area (Å²) < 4.78 is 21.1. The van der Waals surface area contributed by atoms with Crippen LogP contribution in [0.3, 0.4) is 0 Å². The molecular weight excluding hydrogens is 371 g/mol. The molecule has 0 saturated heterocycles. The monoisotopic (exact) mass is 413 g/mol. The van der Waals surface area contributed by atoms with Crippen LogP contribution in [0.1, 0.15) is 77.6 Å². The van der Waals surface area contributed by atoms with E-state index in [4.69, 9.17) is 24.1 Å². The molecule has 0 aliphatic heterocycles. The van der Waals surface area contributed by atoms with Crippen LogP contribution < -0.4 is 0 Å². The van der Waals surface area contributed by atoms with E-state index in [0.717, 1.165) is 13.0 Å². The summed E-state index contributed by atoms with van der Waals surface area (Å²) in [7, 11) is 0. The van der Waals surface area contributed by atoms with Crippen LogP contribution in [-0.4, -0.2) is 93.5 Å². The van der Waals surface area contributed by atoms with Gasteiger partial charge in [-0.15, -0.1) is 0 Å². The van der Waals surface area contributed by atoms with Gasteiger partial charge in [-0.05, 0) is 6.42 Å². The normalized spacial score (nSPS) is 10.8. The van der Waals surface area contributed by atoms with Crippen molar-refractivity contribution in [2.75, 3.05) is 52.9 Å². The standard InChI is InChI=1S/C21H42O6.Na/c1-2-3-4-5-6-7-8-9-10-11-12-13-24-14-15-25-16-17-26-18-19-27-20-21(22)23;/h2-20H2,1H3,(H,22,23);. The van der Waals surface area contributed by atoms with Crippen LogP contribution in [0, 0.1) is 0 Å². The second kappa shape index (κ2) is 27.3. The third kappa shape index (κ3) is 28.5. The molecular formula is C21H42NaO6. The summed E-state index contributed by atoms with van der Waals surface area (Å²) in [5.74, 6) is -0.966. The molecule has 0 saturated carbocycles. The number of hydrogen-bond donors (Lipinski definition) is 1. The average molecular weight is 414 g/mol. The van der Waals surface area contributed by atoms with Crippen molar-refractivity contribution in [3.63, 3.8) is 0 Å². The van der Waals surface area contributed by atoms with Crippen LogP contribution >= 0.6 is 0 Å². The third-order valence-electron chi connectivity index (χ3n) is 4.23. The molecule has 6 nitrogen and oxygen atoms in total. The van der Waals surface area contributed by atoms with Crippen molar-refractivity contribution < 1.29 is 28.8 Å². The summed E-state index contributed by atoms with van der Waals surface area (Å²) in [5, 5.41) is 8.38. The Kier molecular flexibility index (Phi) is 29.8. The first-order chi connectivity index (χ1) is 13.3. The number of unbranched alkanes of at least 4 members (excludes halogenated alkanes) is 10. The Morgan fingerprint density at radius 1 is 0.571 bits per heavy atom. The van der Waals surface area contributed by atoms with Crippen molar-refractivity contribution in [1.29, 1.82) is 0 Å². The minimum absolute atomic E-state index is 0. The maximum absolute atomic E-state index is 10.2. The van der Waals surface area contributed by atoms with E-state index >= 15 is 0 Å². The molecule has 0 bridgehead atoms. The molecule has 0 heterocycles. The summed E-state index contributed by atoms with van der Waals surface area (Å²) >= 11 is 0. The van der Waals surface area contributed by atoms with Gasteiger partial charge in [0.05, 0.1) is 39.6 Å². The predicted molar refractivity (Wildman–Crippen MR) is 113 cm³/mol. The average Bonchev–Trinajstić information content (AvgIpc) is 2.65. The Hall–Kier alpha value is 0.310. The minimum atomic E-state index is -0.966. The van der Waals surface area contributed by atoms with Gasteiger partial charge in [0.15, 0.2) is 0 Å². The summed E-state index contributed by atoms with van der Waals surface area (Å²) in [6.45, 7) is 5.67. The number of carboxylic acid groups (broad SMARTS) is 1. The fourth-order valence-corrected chi connectivity index (χ4v) is 2.69. The largest absolute Gasteiger partial charge is 0.480 e. The first-order valence-corrected chi connectivity index (χ1v) is 10.8. The van der Waals surface area contributed by atoms with Gasteiger partial charge in [0, 0.05) is 36.2 Å². The smallest absolute Gasteiger partial charge is 0.329 e. The number of hydrogen-bond acceptors (Lipinski definition) is 5. The zero-order valence-corrected chi connectivity index (χ0v) is 20.4. The van der Waals surface area contributed by atoms with Crippen LogP contribution in [-0.2, 0) is 23.7 Å².